The Morgan fingerprint density at radius 2 is 1.00 bits per heavy atom. The fraction of sp³-hybridized carbons (Fsp3) is 1.00. The van der Waals surface area contributed by atoms with E-state index in [0.29, 0.717) is 0 Å². The lowest BCUT2D eigenvalue weighted by Crippen LogP contribution is -2.35. The molecule has 0 radical (unpaired) electrons. The molecule has 0 amide bonds. The maximum atomic E-state index is 2.53. The lowest BCUT2D eigenvalue weighted by Gasteiger charge is -2.45. The first-order valence-corrected chi connectivity index (χ1v) is 5.16. The Morgan fingerprint density at radius 1 is 0.636 bits per heavy atom. The van der Waals surface area contributed by atoms with Crippen molar-refractivity contribution in [3.05, 3.63) is 0 Å². The molecule has 2 rings (SSSR count). The van der Waals surface area contributed by atoms with Crippen molar-refractivity contribution in [2.45, 2.75) is 58.8 Å². The molecule has 0 nitrogen and oxygen atoms in total. The average molecular weight is 152 g/mol. The second-order valence-electron chi connectivity index (χ2n) is 5.18. The smallest absolute Gasteiger partial charge is 0.0272 e. The zero-order valence-corrected chi connectivity index (χ0v) is 7.95. The molecule has 2 saturated carbocycles. The van der Waals surface area contributed by atoms with Crippen LogP contribution in [-0.4, -0.2) is 0 Å². The van der Waals surface area contributed by atoms with Crippen molar-refractivity contribution in [2.24, 2.45) is 10.8 Å². The molecule has 11 heavy (non-hydrogen) atoms. The standard InChI is InChI=1S/C11H20/c1-10-6-3-4-7-11(10,2)9-5-8-10/h3-9H2,1-2H3/t10-,11-/m1/s1. The van der Waals surface area contributed by atoms with Crippen LogP contribution in [0.1, 0.15) is 58.8 Å². The molecule has 0 saturated heterocycles. The highest BCUT2D eigenvalue weighted by molar-refractivity contribution is 4.99. The summed E-state index contributed by atoms with van der Waals surface area (Å²) in [5.41, 5.74) is 1.45. The predicted octanol–water partition coefficient (Wildman–Crippen LogP) is 3.76. The molecule has 0 heterocycles. The van der Waals surface area contributed by atoms with Gasteiger partial charge in [-0.2, -0.15) is 0 Å². The SMILES string of the molecule is C[C@]12CCCC[C@]1(C)CCC2. The highest BCUT2D eigenvalue weighted by Crippen LogP contribution is 2.60. The highest BCUT2D eigenvalue weighted by atomic mass is 14.5. The van der Waals surface area contributed by atoms with Gasteiger partial charge in [-0.3, -0.25) is 0 Å². The van der Waals surface area contributed by atoms with Crippen LogP contribution in [0.15, 0.2) is 0 Å². The van der Waals surface area contributed by atoms with E-state index >= 15 is 0 Å². The van der Waals surface area contributed by atoms with Gasteiger partial charge in [-0.05, 0) is 36.5 Å². The molecule has 0 aliphatic heterocycles. The summed E-state index contributed by atoms with van der Waals surface area (Å²) in [5, 5.41) is 0. The van der Waals surface area contributed by atoms with Gasteiger partial charge in [0, 0.05) is 0 Å². The Kier molecular flexibility index (Phi) is 1.56. The molecule has 2 aliphatic carbocycles. The maximum Gasteiger partial charge on any atom is -0.0272 e. The fourth-order valence-corrected chi connectivity index (χ4v) is 3.36. The van der Waals surface area contributed by atoms with Gasteiger partial charge < -0.3 is 0 Å². The molecule has 64 valence electrons. The number of rotatable bonds is 0. The van der Waals surface area contributed by atoms with Crippen LogP contribution in [0.25, 0.3) is 0 Å². The Bertz CT molecular complexity index is 143. The Balaban J connectivity index is 2.24. The summed E-state index contributed by atoms with van der Waals surface area (Å²) in [6, 6.07) is 0. The van der Waals surface area contributed by atoms with Crippen LogP contribution < -0.4 is 0 Å². The molecule has 0 N–H and O–H groups in total. The molecule has 2 atom stereocenters. The second-order valence-corrected chi connectivity index (χ2v) is 5.18. The molecule has 0 spiro atoms. The van der Waals surface area contributed by atoms with Crippen LogP contribution in [0.3, 0.4) is 0 Å². The molecule has 0 heteroatoms. The first-order chi connectivity index (χ1) is 5.16. The van der Waals surface area contributed by atoms with Crippen molar-refractivity contribution < 1.29 is 0 Å². The lowest BCUT2D eigenvalue weighted by molar-refractivity contribution is 0.0520. The van der Waals surface area contributed by atoms with Crippen LogP contribution >= 0.6 is 0 Å². The van der Waals surface area contributed by atoms with Crippen LogP contribution in [0.2, 0.25) is 0 Å². The van der Waals surface area contributed by atoms with E-state index in [9.17, 15) is 0 Å². The van der Waals surface area contributed by atoms with Gasteiger partial charge in [0.15, 0.2) is 0 Å². The van der Waals surface area contributed by atoms with Crippen molar-refractivity contribution >= 4 is 0 Å². The summed E-state index contributed by atoms with van der Waals surface area (Å²) in [4.78, 5) is 0. The minimum Gasteiger partial charge on any atom is -0.0591 e. The number of fused-ring (bicyclic) bond motifs is 1. The van der Waals surface area contributed by atoms with Crippen molar-refractivity contribution in [3.8, 4) is 0 Å². The van der Waals surface area contributed by atoms with Gasteiger partial charge >= 0.3 is 0 Å². The van der Waals surface area contributed by atoms with Gasteiger partial charge in [-0.1, -0.05) is 33.1 Å². The van der Waals surface area contributed by atoms with Gasteiger partial charge in [0.2, 0.25) is 0 Å². The second kappa shape index (κ2) is 2.24. The zero-order chi connectivity index (χ0) is 7.95. The fourth-order valence-electron chi connectivity index (χ4n) is 3.36. The van der Waals surface area contributed by atoms with Crippen molar-refractivity contribution in [1.82, 2.24) is 0 Å². The topological polar surface area (TPSA) is 0 Å². The monoisotopic (exact) mass is 152 g/mol. The zero-order valence-electron chi connectivity index (χ0n) is 7.95. The maximum absolute atomic E-state index is 2.53. The van der Waals surface area contributed by atoms with Crippen molar-refractivity contribution in [3.63, 3.8) is 0 Å². The molecular weight excluding hydrogens is 132 g/mol. The molecule has 0 aromatic carbocycles. The van der Waals surface area contributed by atoms with Crippen LogP contribution in [0.5, 0.6) is 0 Å². The largest absolute Gasteiger partial charge is 0.0591 e. The van der Waals surface area contributed by atoms with Gasteiger partial charge in [-0.15, -0.1) is 0 Å². The van der Waals surface area contributed by atoms with E-state index in [1.807, 2.05) is 0 Å². The summed E-state index contributed by atoms with van der Waals surface area (Å²) >= 11 is 0. The molecule has 0 aromatic rings. The number of hydrogen-bond acceptors (Lipinski definition) is 0. The summed E-state index contributed by atoms with van der Waals surface area (Å²) in [6.45, 7) is 5.05. The van der Waals surface area contributed by atoms with Crippen LogP contribution in [-0.2, 0) is 0 Å². The molecular formula is C11H20. The summed E-state index contributed by atoms with van der Waals surface area (Å²) in [5.74, 6) is 0. The average Bonchev–Trinajstić information content (AvgIpc) is 2.25. The predicted molar refractivity (Wildman–Crippen MR) is 48.5 cm³/mol. The minimum absolute atomic E-state index is 0.727. The van der Waals surface area contributed by atoms with E-state index in [-0.39, 0.29) is 0 Å². The van der Waals surface area contributed by atoms with E-state index in [0.717, 1.165) is 10.8 Å². The highest BCUT2D eigenvalue weighted by Gasteiger charge is 2.48. The van der Waals surface area contributed by atoms with Crippen molar-refractivity contribution in [1.29, 1.82) is 0 Å². The van der Waals surface area contributed by atoms with E-state index in [2.05, 4.69) is 13.8 Å². The van der Waals surface area contributed by atoms with Gasteiger partial charge in [0.1, 0.15) is 0 Å². The van der Waals surface area contributed by atoms with Crippen LogP contribution in [0.4, 0.5) is 0 Å². The molecule has 2 fully saturated rings. The van der Waals surface area contributed by atoms with Gasteiger partial charge in [0.25, 0.3) is 0 Å². The van der Waals surface area contributed by atoms with Crippen LogP contribution in [0, 0.1) is 10.8 Å². The summed E-state index contributed by atoms with van der Waals surface area (Å²) in [7, 11) is 0. The van der Waals surface area contributed by atoms with Gasteiger partial charge in [0.05, 0.1) is 0 Å². The first kappa shape index (κ1) is 7.64. The summed E-state index contributed by atoms with van der Waals surface area (Å²) < 4.78 is 0. The first-order valence-electron chi connectivity index (χ1n) is 5.16. The van der Waals surface area contributed by atoms with E-state index < -0.39 is 0 Å². The van der Waals surface area contributed by atoms with E-state index in [1.165, 1.54) is 44.9 Å². The molecule has 2 aliphatic rings. The molecule has 0 aromatic heterocycles. The summed E-state index contributed by atoms with van der Waals surface area (Å²) in [6.07, 6.45) is 10.5. The van der Waals surface area contributed by atoms with E-state index in [4.69, 9.17) is 0 Å². The Labute approximate surface area is 70.4 Å². The minimum atomic E-state index is 0.727. The normalized spacial score (nSPS) is 50.7. The van der Waals surface area contributed by atoms with Crippen molar-refractivity contribution in [2.75, 3.05) is 0 Å². The Morgan fingerprint density at radius 3 is 1.45 bits per heavy atom. The third-order valence-electron chi connectivity index (χ3n) is 4.62. The van der Waals surface area contributed by atoms with Gasteiger partial charge in [-0.25, -0.2) is 0 Å². The quantitative estimate of drug-likeness (QED) is 0.496. The van der Waals surface area contributed by atoms with E-state index in [1.54, 1.807) is 0 Å². The molecule has 0 bridgehead atoms. The third kappa shape index (κ3) is 0.947. The molecule has 0 unspecified atom stereocenters. The Hall–Kier alpha value is 0. The third-order valence-corrected chi connectivity index (χ3v) is 4.62. The lowest BCUT2D eigenvalue weighted by atomic mass is 9.60. The number of hydrogen-bond donors (Lipinski definition) is 0.